The summed E-state index contributed by atoms with van der Waals surface area (Å²) in [5.74, 6) is -2.21. The van der Waals surface area contributed by atoms with E-state index in [1.165, 1.54) is 14.0 Å². The Morgan fingerprint density at radius 3 is 2.33 bits per heavy atom. The maximum Gasteiger partial charge on any atom is 0.328 e. The quantitative estimate of drug-likeness (QED) is 0.623. The van der Waals surface area contributed by atoms with E-state index in [-0.39, 0.29) is 6.54 Å². The molecule has 0 radical (unpaired) electrons. The number of carbonyl (C=O) groups is 4. The summed E-state index contributed by atoms with van der Waals surface area (Å²) in [7, 11) is 1.41. The number of carbonyl (C=O) groups excluding carboxylic acids is 4. The fourth-order valence-corrected chi connectivity index (χ4v) is 2.54. The molecular formula is C21H22ClN3O5. The molecule has 1 atom stereocenters. The highest BCUT2D eigenvalue weighted by molar-refractivity contribution is 6.33. The number of para-hydroxylation sites is 1. The summed E-state index contributed by atoms with van der Waals surface area (Å²) in [6.07, 6.45) is 0. The first-order valence-electron chi connectivity index (χ1n) is 9.09. The fourth-order valence-electron chi connectivity index (χ4n) is 2.35. The molecule has 0 spiro atoms. The first-order chi connectivity index (χ1) is 14.3. The van der Waals surface area contributed by atoms with Gasteiger partial charge in [0.05, 0.1) is 17.3 Å². The Kier molecular flexibility index (Phi) is 8.37. The third kappa shape index (κ3) is 6.89. The van der Waals surface area contributed by atoms with Gasteiger partial charge in [-0.25, -0.2) is 4.79 Å². The molecule has 0 fully saturated rings. The summed E-state index contributed by atoms with van der Waals surface area (Å²) >= 11 is 5.97. The van der Waals surface area contributed by atoms with Gasteiger partial charge in [-0.3, -0.25) is 14.4 Å². The van der Waals surface area contributed by atoms with E-state index in [1.807, 2.05) is 0 Å². The molecule has 158 valence electrons. The summed E-state index contributed by atoms with van der Waals surface area (Å²) in [6, 6.07) is 14.2. The lowest BCUT2D eigenvalue weighted by Crippen LogP contribution is -2.42. The topological polar surface area (TPSA) is 105 Å². The second kappa shape index (κ2) is 11.0. The van der Waals surface area contributed by atoms with E-state index < -0.39 is 36.3 Å². The normalized spacial score (nSPS) is 11.2. The van der Waals surface area contributed by atoms with Gasteiger partial charge in [0.25, 0.3) is 11.8 Å². The van der Waals surface area contributed by atoms with Gasteiger partial charge in [-0.05, 0) is 31.2 Å². The maximum atomic E-state index is 12.1. The zero-order valence-electron chi connectivity index (χ0n) is 16.6. The number of ether oxygens (including phenoxy) is 1. The molecule has 0 aliphatic carbocycles. The highest BCUT2D eigenvalue weighted by Gasteiger charge is 2.21. The first-order valence-corrected chi connectivity index (χ1v) is 9.46. The van der Waals surface area contributed by atoms with Crippen LogP contribution in [0.5, 0.6) is 0 Å². The number of hydrogen-bond acceptors (Lipinski definition) is 5. The van der Waals surface area contributed by atoms with Crippen molar-refractivity contribution in [2.75, 3.05) is 25.5 Å². The molecule has 0 heterocycles. The summed E-state index contributed by atoms with van der Waals surface area (Å²) < 4.78 is 4.94. The number of likely N-dealkylation sites (N-methyl/N-ethyl adjacent to an activating group) is 1. The number of benzene rings is 2. The number of esters is 1. The van der Waals surface area contributed by atoms with Crippen LogP contribution in [0.15, 0.2) is 54.6 Å². The lowest BCUT2D eigenvalue weighted by Gasteiger charge is -2.18. The van der Waals surface area contributed by atoms with E-state index in [4.69, 9.17) is 16.3 Å². The standard InChI is InChI=1S/C21H22ClN3O5/c1-14(23-20(28)15-8-4-3-5-9-15)21(29)30-13-19(27)25(2)12-18(26)24-17-11-7-6-10-16(17)22/h3-11,14H,12-13H2,1-2H3,(H,23,28)(H,24,26). The molecule has 9 heteroatoms. The maximum absolute atomic E-state index is 12.1. The van der Waals surface area contributed by atoms with Crippen molar-refractivity contribution in [2.24, 2.45) is 0 Å². The second-order valence-corrected chi connectivity index (χ2v) is 6.85. The van der Waals surface area contributed by atoms with Crippen molar-refractivity contribution in [3.05, 3.63) is 65.2 Å². The minimum Gasteiger partial charge on any atom is -0.454 e. The van der Waals surface area contributed by atoms with Crippen LogP contribution in [0.4, 0.5) is 5.69 Å². The van der Waals surface area contributed by atoms with Gasteiger partial charge in [-0.2, -0.15) is 0 Å². The highest BCUT2D eigenvalue weighted by Crippen LogP contribution is 2.20. The molecule has 8 nitrogen and oxygen atoms in total. The minimum absolute atomic E-state index is 0.248. The summed E-state index contributed by atoms with van der Waals surface area (Å²) in [6.45, 7) is 0.649. The number of halogens is 1. The largest absolute Gasteiger partial charge is 0.454 e. The average molecular weight is 432 g/mol. The molecule has 2 aromatic rings. The van der Waals surface area contributed by atoms with E-state index in [9.17, 15) is 19.2 Å². The predicted molar refractivity (Wildman–Crippen MR) is 112 cm³/mol. The number of nitrogens with zero attached hydrogens (tertiary/aromatic N) is 1. The van der Waals surface area contributed by atoms with Gasteiger partial charge < -0.3 is 20.3 Å². The Balaban J connectivity index is 1.76. The van der Waals surface area contributed by atoms with E-state index in [1.54, 1.807) is 54.6 Å². The van der Waals surface area contributed by atoms with E-state index in [0.29, 0.717) is 16.3 Å². The molecule has 0 bridgehead atoms. The van der Waals surface area contributed by atoms with Gasteiger partial charge in [0, 0.05) is 12.6 Å². The lowest BCUT2D eigenvalue weighted by molar-refractivity contribution is -0.153. The van der Waals surface area contributed by atoms with Crippen LogP contribution in [0, 0.1) is 0 Å². The monoisotopic (exact) mass is 431 g/mol. The zero-order valence-corrected chi connectivity index (χ0v) is 17.3. The number of hydrogen-bond donors (Lipinski definition) is 2. The van der Waals surface area contributed by atoms with E-state index >= 15 is 0 Å². The van der Waals surface area contributed by atoms with Gasteiger partial charge in [-0.15, -0.1) is 0 Å². The van der Waals surface area contributed by atoms with Crippen LogP contribution in [0.2, 0.25) is 5.02 Å². The SMILES string of the molecule is CC(NC(=O)c1ccccc1)C(=O)OCC(=O)N(C)CC(=O)Nc1ccccc1Cl. The fraction of sp³-hybridized carbons (Fsp3) is 0.238. The van der Waals surface area contributed by atoms with Crippen molar-refractivity contribution >= 4 is 41.0 Å². The van der Waals surface area contributed by atoms with Crippen molar-refractivity contribution in [3.8, 4) is 0 Å². The summed E-state index contributed by atoms with van der Waals surface area (Å²) in [4.78, 5) is 49.4. The van der Waals surface area contributed by atoms with E-state index in [0.717, 1.165) is 4.90 Å². The Morgan fingerprint density at radius 2 is 1.67 bits per heavy atom. The molecule has 2 rings (SSSR count). The predicted octanol–water partition coefficient (Wildman–Crippen LogP) is 2.10. The Hall–Kier alpha value is -3.39. The highest BCUT2D eigenvalue weighted by atomic mass is 35.5. The molecule has 0 aliphatic heterocycles. The van der Waals surface area contributed by atoms with Crippen molar-refractivity contribution in [1.29, 1.82) is 0 Å². The number of nitrogens with one attached hydrogen (secondary N) is 2. The molecule has 0 saturated heterocycles. The zero-order chi connectivity index (χ0) is 22.1. The third-order valence-electron chi connectivity index (χ3n) is 4.03. The van der Waals surface area contributed by atoms with Crippen LogP contribution in [0.1, 0.15) is 17.3 Å². The number of rotatable bonds is 8. The van der Waals surface area contributed by atoms with E-state index in [2.05, 4.69) is 10.6 Å². The molecule has 1 unspecified atom stereocenters. The van der Waals surface area contributed by atoms with Crippen molar-refractivity contribution < 1.29 is 23.9 Å². The van der Waals surface area contributed by atoms with Crippen molar-refractivity contribution in [3.63, 3.8) is 0 Å². The van der Waals surface area contributed by atoms with Crippen LogP contribution in [-0.2, 0) is 19.1 Å². The smallest absolute Gasteiger partial charge is 0.328 e. The molecular weight excluding hydrogens is 410 g/mol. The molecule has 0 aliphatic rings. The van der Waals surface area contributed by atoms with Gasteiger partial charge in [0.1, 0.15) is 6.04 Å². The molecule has 0 saturated carbocycles. The minimum atomic E-state index is -0.945. The molecule has 2 aromatic carbocycles. The molecule has 0 aromatic heterocycles. The number of amides is 3. The summed E-state index contributed by atoms with van der Waals surface area (Å²) in [5.41, 5.74) is 0.830. The van der Waals surface area contributed by atoms with Gasteiger partial charge in [0.15, 0.2) is 6.61 Å². The van der Waals surface area contributed by atoms with Gasteiger partial charge in [0.2, 0.25) is 5.91 Å². The molecule has 30 heavy (non-hydrogen) atoms. The first kappa shape index (κ1) is 22.9. The molecule has 2 N–H and O–H groups in total. The third-order valence-corrected chi connectivity index (χ3v) is 4.36. The van der Waals surface area contributed by atoms with Crippen LogP contribution in [-0.4, -0.2) is 54.8 Å². The number of anilines is 1. The van der Waals surface area contributed by atoms with Crippen LogP contribution in [0.3, 0.4) is 0 Å². The Bertz CT molecular complexity index is 920. The van der Waals surface area contributed by atoms with Gasteiger partial charge in [-0.1, -0.05) is 41.9 Å². The van der Waals surface area contributed by atoms with Crippen molar-refractivity contribution in [1.82, 2.24) is 10.2 Å². The van der Waals surface area contributed by atoms with Crippen LogP contribution >= 0.6 is 11.6 Å². The van der Waals surface area contributed by atoms with Crippen molar-refractivity contribution in [2.45, 2.75) is 13.0 Å². The average Bonchev–Trinajstić information content (AvgIpc) is 2.73. The summed E-state index contributed by atoms with van der Waals surface area (Å²) in [5, 5.41) is 5.47. The van der Waals surface area contributed by atoms with Gasteiger partial charge >= 0.3 is 5.97 Å². The second-order valence-electron chi connectivity index (χ2n) is 6.45. The Labute approximate surface area is 179 Å². The van der Waals surface area contributed by atoms with Crippen LogP contribution < -0.4 is 10.6 Å². The molecule has 3 amide bonds. The van der Waals surface area contributed by atoms with Crippen LogP contribution in [0.25, 0.3) is 0 Å². The lowest BCUT2D eigenvalue weighted by atomic mass is 10.2. The Morgan fingerprint density at radius 1 is 1.03 bits per heavy atom.